The fraction of sp³-hybridized carbons (Fsp3) is 0.333. The van der Waals surface area contributed by atoms with E-state index in [4.69, 9.17) is 11.6 Å². The summed E-state index contributed by atoms with van der Waals surface area (Å²) in [5.41, 5.74) is 0.00423. The molecule has 100 valence electrons. The Bertz CT molecular complexity index is 588. The van der Waals surface area contributed by atoms with Crippen LogP contribution >= 0.6 is 11.6 Å². The molecule has 0 aliphatic rings. The van der Waals surface area contributed by atoms with Crippen molar-refractivity contribution in [1.82, 2.24) is 20.1 Å². The summed E-state index contributed by atoms with van der Waals surface area (Å²) in [6.45, 7) is 1.85. The van der Waals surface area contributed by atoms with E-state index in [9.17, 15) is 10.1 Å². The molecule has 0 fully saturated rings. The molecule has 0 atom stereocenters. The third kappa shape index (κ3) is 3.13. The van der Waals surface area contributed by atoms with Crippen molar-refractivity contribution in [3.05, 3.63) is 33.3 Å². The van der Waals surface area contributed by atoms with Gasteiger partial charge >= 0.3 is 5.69 Å². The Morgan fingerprint density at radius 2 is 2.32 bits per heavy atom. The van der Waals surface area contributed by atoms with Gasteiger partial charge in [-0.3, -0.25) is 10.1 Å². The van der Waals surface area contributed by atoms with Crippen molar-refractivity contribution in [1.29, 1.82) is 0 Å². The molecule has 2 heterocycles. The molecule has 0 radical (unpaired) electrons. The summed E-state index contributed by atoms with van der Waals surface area (Å²) < 4.78 is 4.57. The van der Waals surface area contributed by atoms with Crippen LogP contribution in [0.5, 0.6) is 0 Å². The van der Waals surface area contributed by atoms with E-state index < -0.39 is 4.92 Å². The van der Waals surface area contributed by atoms with Crippen molar-refractivity contribution in [2.45, 2.75) is 13.3 Å². The van der Waals surface area contributed by atoms with Crippen molar-refractivity contribution in [3.63, 3.8) is 0 Å². The Kier molecular flexibility index (Phi) is 3.85. The molecule has 0 unspecified atom stereocenters. The van der Waals surface area contributed by atoms with Gasteiger partial charge in [0.1, 0.15) is 5.69 Å². The summed E-state index contributed by atoms with van der Waals surface area (Å²) in [5.74, 6) is 0.568. The van der Waals surface area contributed by atoms with E-state index in [0.29, 0.717) is 18.8 Å². The molecule has 0 bridgehead atoms. The van der Waals surface area contributed by atoms with Gasteiger partial charge in [-0.25, -0.2) is 4.98 Å². The van der Waals surface area contributed by atoms with Gasteiger partial charge in [-0.15, -0.1) is 0 Å². The predicted octanol–water partition coefficient (Wildman–Crippen LogP) is 1.38. The van der Waals surface area contributed by atoms with Crippen LogP contribution in [0.1, 0.15) is 11.5 Å². The van der Waals surface area contributed by atoms with Gasteiger partial charge < -0.3 is 9.84 Å². The van der Waals surface area contributed by atoms with E-state index in [-0.39, 0.29) is 22.5 Å². The summed E-state index contributed by atoms with van der Waals surface area (Å²) in [6, 6.07) is 0. The first-order chi connectivity index (χ1) is 9.08. The van der Waals surface area contributed by atoms with Gasteiger partial charge in [0.25, 0.3) is 0 Å². The first-order valence-corrected chi connectivity index (χ1v) is 5.63. The van der Waals surface area contributed by atoms with E-state index in [2.05, 4.69) is 29.9 Å². The number of anilines is 1. The minimum absolute atomic E-state index is 0.0508. The Morgan fingerprint density at radius 3 is 2.95 bits per heavy atom. The highest BCUT2D eigenvalue weighted by atomic mass is 35.5. The van der Waals surface area contributed by atoms with Crippen LogP contribution in [0, 0.1) is 17.0 Å². The summed E-state index contributed by atoms with van der Waals surface area (Å²) in [7, 11) is 0. The van der Waals surface area contributed by atoms with Crippen molar-refractivity contribution in [2.24, 2.45) is 0 Å². The average Bonchev–Trinajstić information content (AvgIpc) is 2.80. The third-order valence-corrected chi connectivity index (χ3v) is 2.43. The van der Waals surface area contributed by atoms with E-state index in [1.165, 1.54) is 13.3 Å². The maximum atomic E-state index is 10.9. The van der Waals surface area contributed by atoms with E-state index in [1.54, 1.807) is 0 Å². The third-order valence-electron chi connectivity index (χ3n) is 2.26. The number of aryl methyl sites for hydroxylation is 1. The molecule has 9 nitrogen and oxygen atoms in total. The highest BCUT2D eigenvalue weighted by molar-refractivity contribution is 6.28. The molecule has 0 saturated heterocycles. The summed E-state index contributed by atoms with van der Waals surface area (Å²) in [4.78, 5) is 21.8. The van der Waals surface area contributed by atoms with Gasteiger partial charge in [0.15, 0.2) is 5.82 Å². The number of nitrogens with one attached hydrogen (secondary N) is 1. The van der Waals surface area contributed by atoms with Crippen LogP contribution in [0.4, 0.5) is 11.5 Å². The Balaban J connectivity index is 2.12. The molecular weight excluding hydrogens is 276 g/mol. The normalized spacial score (nSPS) is 10.4. The van der Waals surface area contributed by atoms with E-state index >= 15 is 0 Å². The first kappa shape index (κ1) is 13.1. The van der Waals surface area contributed by atoms with Crippen LogP contribution < -0.4 is 5.32 Å². The molecule has 0 aromatic carbocycles. The van der Waals surface area contributed by atoms with Gasteiger partial charge in [-0.05, 0) is 18.5 Å². The second-order valence-corrected chi connectivity index (χ2v) is 3.89. The van der Waals surface area contributed by atoms with E-state index in [0.717, 1.165) is 0 Å². The fourth-order valence-corrected chi connectivity index (χ4v) is 1.68. The molecule has 2 aromatic heterocycles. The second kappa shape index (κ2) is 5.57. The number of halogens is 1. The number of nitro groups is 1. The number of hydrogen-bond acceptors (Lipinski definition) is 8. The minimum atomic E-state index is -0.553. The lowest BCUT2D eigenvalue weighted by Crippen LogP contribution is -2.11. The van der Waals surface area contributed by atoms with Crippen LogP contribution in [-0.2, 0) is 6.42 Å². The second-order valence-electron chi connectivity index (χ2n) is 3.56. The highest BCUT2D eigenvalue weighted by Gasteiger charge is 2.21. The molecule has 0 spiro atoms. The Labute approximate surface area is 112 Å². The molecule has 2 aromatic rings. The van der Waals surface area contributed by atoms with Gasteiger partial charge in [0, 0.05) is 13.0 Å². The molecule has 19 heavy (non-hydrogen) atoms. The van der Waals surface area contributed by atoms with Crippen molar-refractivity contribution < 1.29 is 9.45 Å². The largest absolute Gasteiger partial charge is 0.364 e. The molecule has 1 N–H and O–H groups in total. The summed E-state index contributed by atoms with van der Waals surface area (Å²) in [5, 5.41) is 17.3. The monoisotopic (exact) mass is 284 g/mol. The zero-order valence-corrected chi connectivity index (χ0v) is 10.6. The zero-order valence-electron chi connectivity index (χ0n) is 9.83. The molecular formula is C9H9ClN6O3. The lowest BCUT2D eigenvalue weighted by atomic mass is 10.3. The topological polar surface area (TPSA) is 120 Å². The SMILES string of the molecule is Cc1nc(Cl)nc(NCCc2ncon2)c1[N+](=O)[O-]. The smallest absolute Gasteiger partial charge is 0.332 e. The summed E-state index contributed by atoms with van der Waals surface area (Å²) in [6.07, 6.45) is 1.65. The standard InChI is InChI=1S/C9H9ClN6O3/c1-5-7(16(17)18)8(14-9(10)13-5)11-3-2-6-12-4-19-15-6/h4H,2-3H2,1H3,(H,11,13,14). The van der Waals surface area contributed by atoms with Gasteiger partial charge in [0.05, 0.1) is 4.92 Å². The lowest BCUT2D eigenvalue weighted by molar-refractivity contribution is -0.385. The maximum Gasteiger partial charge on any atom is 0.332 e. The molecule has 0 aliphatic heterocycles. The van der Waals surface area contributed by atoms with Crippen LogP contribution in [0.3, 0.4) is 0 Å². The zero-order chi connectivity index (χ0) is 13.8. The molecule has 10 heteroatoms. The van der Waals surface area contributed by atoms with E-state index in [1.807, 2.05) is 0 Å². The first-order valence-electron chi connectivity index (χ1n) is 5.25. The molecule has 2 rings (SSSR count). The number of hydrogen-bond donors (Lipinski definition) is 1. The lowest BCUT2D eigenvalue weighted by Gasteiger charge is -2.06. The number of rotatable bonds is 5. The Morgan fingerprint density at radius 1 is 1.53 bits per heavy atom. The van der Waals surface area contributed by atoms with Crippen LogP contribution in [0.25, 0.3) is 0 Å². The van der Waals surface area contributed by atoms with Crippen molar-refractivity contribution >= 4 is 23.1 Å². The number of aromatic nitrogens is 4. The maximum absolute atomic E-state index is 10.9. The van der Waals surface area contributed by atoms with Crippen LogP contribution in [0.2, 0.25) is 5.28 Å². The van der Waals surface area contributed by atoms with Gasteiger partial charge in [0.2, 0.25) is 17.5 Å². The van der Waals surface area contributed by atoms with Crippen LogP contribution in [-0.4, -0.2) is 31.6 Å². The fourth-order valence-electron chi connectivity index (χ4n) is 1.47. The molecule has 0 aliphatic carbocycles. The molecule has 0 saturated carbocycles. The van der Waals surface area contributed by atoms with Gasteiger partial charge in [-0.2, -0.15) is 9.97 Å². The van der Waals surface area contributed by atoms with Gasteiger partial charge in [-0.1, -0.05) is 5.16 Å². The highest BCUT2D eigenvalue weighted by Crippen LogP contribution is 2.26. The quantitative estimate of drug-likeness (QED) is 0.497. The predicted molar refractivity (Wildman–Crippen MR) is 64.9 cm³/mol. The summed E-state index contributed by atoms with van der Waals surface area (Å²) >= 11 is 5.68. The number of nitrogens with zero attached hydrogens (tertiary/aromatic N) is 5. The Hall–Kier alpha value is -2.29. The van der Waals surface area contributed by atoms with Crippen LogP contribution in [0.15, 0.2) is 10.9 Å². The van der Waals surface area contributed by atoms with Crippen molar-refractivity contribution in [2.75, 3.05) is 11.9 Å². The minimum Gasteiger partial charge on any atom is -0.364 e. The molecule has 0 amide bonds. The van der Waals surface area contributed by atoms with Crippen molar-refractivity contribution in [3.8, 4) is 0 Å². The average molecular weight is 285 g/mol.